The maximum absolute atomic E-state index is 11.9. The minimum absolute atomic E-state index is 0.0459. The van der Waals surface area contributed by atoms with Gasteiger partial charge in [0.15, 0.2) is 0 Å². The summed E-state index contributed by atoms with van der Waals surface area (Å²) in [5.74, 6) is 5.81. The van der Waals surface area contributed by atoms with Gasteiger partial charge >= 0.3 is 0 Å². The van der Waals surface area contributed by atoms with E-state index in [4.69, 9.17) is 5.11 Å². The lowest BCUT2D eigenvalue weighted by atomic mass is 10.1. The zero-order chi connectivity index (χ0) is 14.6. The van der Waals surface area contributed by atoms with Crippen LogP contribution in [0.4, 0.5) is 0 Å². The van der Waals surface area contributed by atoms with Gasteiger partial charge in [0, 0.05) is 18.0 Å². The fourth-order valence-corrected chi connectivity index (χ4v) is 3.47. The molecule has 2 rings (SSSR count). The molecule has 1 atom stereocenters. The van der Waals surface area contributed by atoms with E-state index in [1.807, 2.05) is 31.2 Å². The predicted octanol–water partition coefficient (Wildman–Crippen LogP) is 1.56. The van der Waals surface area contributed by atoms with Crippen LogP contribution in [-0.4, -0.2) is 25.4 Å². The van der Waals surface area contributed by atoms with Gasteiger partial charge in [-0.1, -0.05) is 24.0 Å². The van der Waals surface area contributed by atoms with Crippen LogP contribution in [0.5, 0.6) is 0 Å². The summed E-state index contributed by atoms with van der Waals surface area (Å²) in [5, 5.41) is 8.48. The molecule has 0 saturated heterocycles. The molecule has 2 N–H and O–H groups in total. The third-order valence-corrected chi connectivity index (χ3v) is 5.19. The van der Waals surface area contributed by atoms with Crippen molar-refractivity contribution in [3.63, 3.8) is 0 Å². The van der Waals surface area contributed by atoms with Crippen molar-refractivity contribution in [1.82, 2.24) is 4.72 Å². The molecule has 0 heterocycles. The molecule has 1 aliphatic carbocycles. The molecule has 4 nitrogen and oxygen atoms in total. The Hall–Kier alpha value is -1.35. The normalized spacial score (nSPS) is 16.3. The van der Waals surface area contributed by atoms with Crippen molar-refractivity contribution in [2.45, 2.75) is 37.5 Å². The summed E-state index contributed by atoms with van der Waals surface area (Å²) in [6, 6.07) is 7.23. The van der Waals surface area contributed by atoms with E-state index in [1.165, 1.54) is 0 Å². The summed E-state index contributed by atoms with van der Waals surface area (Å²) < 4.78 is 26.5. The average Bonchev–Trinajstić information content (AvgIpc) is 3.23. The lowest BCUT2D eigenvalue weighted by Gasteiger charge is -2.14. The average molecular weight is 293 g/mol. The molecule has 108 valence electrons. The van der Waals surface area contributed by atoms with Crippen LogP contribution in [0.15, 0.2) is 24.3 Å². The van der Waals surface area contributed by atoms with Gasteiger partial charge < -0.3 is 5.11 Å². The van der Waals surface area contributed by atoms with Crippen molar-refractivity contribution in [2.24, 2.45) is 0 Å². The Morgan fingerprint density at radius 3 is 2.85 bits per heavy atom. The molecule has 0 aliphatic heterocycles. The molecule has 20 heavy (non-hydrogen) atoms. The maximum atomic E-state index is 11.9. The monoisotopic (exact) mass is 293 g/mol. The standard InChI is InChI=1S/C15H19NO3S/c1-12(16-20(18,19)15-8-9-15)14-7-4-6-13(11-14)5-2-3-10-17/h4,6-7,11-12,15-17H,3,8-10H2,1H3. The number of rotatable bonds is 5. The Kier molecular flexibility index (Phi) is 4.81. The first-order valence-electron chi connectivity index (χ1n) is 6.74. The molecule has 1 aliphatic rings. The van der Waals surface area contributed by atoms with Gasteiger partial charge in [-0.2, -0.15) is 0 Å². The molecule has 0 amide bonds. The molecule has 0 spiro atoms. The summed E-state index contributed by atoms with van der Waals surface area (Å²) in [5.41, 5.74) is 1.72. The van der Waals surface area contributed by atoms with Gasteiger partial charge in [-0.25, -0.2) is 13.1 Å². The van der Waals surface area contributed by atoms with Crippen molar-refractivity contribution in [3.8, 4) is 11.8 Å². The van der Waals surface area contributed by atoms with Gasteiger partial charge in [-0.15, -0.1) is 0 Å². The Balaban J connectivity index is 2.08. The number of hydrogen-bond donors (Lipinski definition) is 2. The minimum Gasteiger partial charge on any atom is -0.395 e. The van der Waals surface area contributed by atoms with Gasteiger partial charge in [0.05, 0.1) is 11.9 Å². The van der Waals surface area contributed by atoms with Crippen LogP contribution < -0.4 is 4.72 Å². The van der Waals surface area contributed by atoms with Crippen LogP contribution in [-0.2, 0) is 10.0 Å². The van der Waals surface area contributed by atoms with Crippen molar-refractivity contribution in [1.29, 1.82) is 0 Å². The first-order chi connectivity index (χ1) is 9.53. The van der Waals surface area contributed by atoms with Crippen LogP contribution in [0.2, 0.25) is 0 Å². The van der Waals surface area contributed by atoms with E-state index in [9.17, 15) is 8.42 Å². The first kappa shape index (κ1) is 15.0. The van der Waals surface area contributed by atoms with Gasteiger partial charge in [0.1, 0.15) is 0 Å². The second-order valence-electron chi connectivity index (χ2n) is 4.98. The SMILES string of the molecule is CC(NS(=O)(=O)C1CC1)c1cccc(C#CCCO)c1. The van der Waals surface area contributed by atoms with Crippen molar-refractivity contribution in [3.05, 3.63) is 35.4 Å². The quantitative estimate of drug-likeness (QED) is 0.810. The molecule has 0 radical (unpaired) electrons. The zero-order valence-corrected chi connectivity index (χ0v) is 12.3. The van der Waals surface area contributed by atoms with Crippen molar-refractivity contribution in [2.75, 3.05) is 6.61 Å². The zero-order valence-electron chi connectivity index (χ0n) is 11.5. The third-order valence-electron chi connectivity index (χ3n) is 3.16. The minimum atomic E-state index is -3.19. The highest BCUT2D eigenvalue weighted by Crippen LogP contribution is 2.29. The number of benzene rings is 1. The number of nitrogens with one attached hydrogen (secondary N) is 1. The molecule has 1 fully saturated rings. The van der Waals surface area contributed by atoms with Gasteiger partial charge in [0.2, 0.25) is 10.0 Å². The number of hydrogen-bond acceptors (Lipinski definition) is 3. The largest absolute Gasteiger partial charge is 0.395 e. The van der Waals surface area contributed by atoms with E-state index in [0.29, 0.717) is 6.42 Å². The van der Waals surface area contributed by atoms with E-state index >= 15 is 0 Å². The fourth-order valence-electron chi connectivity index (χ4n) is 1.90. The van der Waals surface area contributed by atoms with Crippen LogP contribution in [0, 0.1) is 11.8 Å². The highest BCUT2D eigenvalue weighted by molar-refractivity contribution is 7.90. The Bertz CT molecular complexity index is 624. The second-order valence-corrected chi connectivity index (χ2v) is 6.98. The van der Waals surface area contributed by atoms with E-state index in [0.717, 1.165) is 24.0 Å². The summed E-state index contributed by atoms with van der Waals surface area (Å²) in [6.07, 6.45) is 1.96. The molecule has 0 bridgehead atoms. The van der Waals surface area contributed by atoms with Crippen LogP contribution in [0.3, 0.4) is 0 Å². The molecule has 1 unspecified atom stereocenters. The van der Waals surface area contributed by atoms with Gasteiger partial charge in [0.25, 0.3) is 0 Å². The number of aliphatic hydroxyl groups is 1. The Morgan fingerprint density at radius 2 is 2.20 bits per heavy atom. The number of sulfonamides is 1. The van der Waals surface area contributed by atoms with E-state index in [-0.39, 0.29) is 17.9 Å². The van der Waals surface area contributed by atoms with Gasteiger partial charge in [-0.3, -0.25) is 0 Å². The predicted molar refractivity (Wildman–Crippen MR) is 78.5 cm³/mol. The molecule has 1 aromatic carbocycles. The second kappa shape index (κ2) is 6.40. The van der Waals surface area contributed by atoms with Crippen LogP contribution >= 0.6 is 0 Å². The van der Waals surface area contributed by atoms with Gasteiger partial charge in [-0.05, 0) is 37.5 Å². The van der Waals surface area contributed by atoms with E-state index in [2.05, 4.69) is 16.6 Å². The maximum Gasteiger partial charge on any atom is 0.215 e. The molecule has 0 aromatic heterocycles. The van der Waals surface area contributed by atoms with E-state index < -0.39 is 10.0 Å². The fraction of sp³-hybridized carbons (Fsp3) is 0.467. The Morgan fingerprint density at radius 1 is 1.45 bits per heavy atom. The first-order valence-corrected chi connectivity index (χ1v) is 8.28. The molecular weight excluding hydrogens is 274 g/mol. The highest BCUT2D eigenvalue weighted by Gasteiger charge is 2.36. The van der Waals surface area contributed by atoms with Crippen LogP contribution in [0.1, 0.15) is 43.4 Å². The molecule has 1 saturated carbocycles. The summed E-state index contributed by atoms with van der Waals surface area (Å²) in [7, 11) is -3.19. The summed E-state index contributed by atoms with van der Waals surface area (Å²) in [4.78, 5) is 0. The smallest absolute Gasteiger partial charge is 0.215 e. The lowest BCUT2D eigenvalue weighted by molar-refractivity contribution is 0.305. The molecule has 1 aromatic rings. The summed E-state index contributed by atoms with van der Waals surface area (Å²) >= 11 is 0. The Labute approximate surface area is 120 Å². The van der Waals surface area contributed by atoms with Crippen molar-refractivity contribution < 1.29 is 13.5 Å². The number of aliphatic hydroxyl groups excluding tert-OH is 1. The van der Waals surface area contributed by atoms with E-state index in [1.54, 1.807) is 0 Å². The lowest BCUT2D eigenvalue weighted by Crippen LogP contribution is -2.29. The van der Waals surface area contributed by atoms with Crippen molar-refractivity contribution >= 4 is 10.0 Å². The summed E-state index contributed by atoms with van der Waals surface area (Å²) in [6.45, 7) is 1.88. The third kappa shape index (κ3) is 4.07. The van der Waals surface area contributed by atoms with Crippen LogP contribution in [0.25, 0.3) is 0 Å². The topological polar surface area (TPSA) is 66.4 Å². The highest BCUT2D eigenvalue weighted by atomic mass is 32.2. The molecular formula is C15H19NO3S. The molecule has 5 heteroatoms.